The van der Waals surface area contributed by atoms with Crippen molar-refractivity contribution in [2.24, 2.45) is 11.3 Å². The average molecular weight is 804 g/mol. The van der Waals surface area contributed by atoms with Gasteiger partial charge in [0, 0.05) is 11.8 Å². The number of carbonyl (C=O) groups excluding carboxylic acids is 4. The Bertz CT molecular complexity index is 2050. The van der Waals surface area contributed by atoms with E-state index in [2.05, 4.69) is 20.3 Å². The molecule has 4 amide bonds. The number of pyridine rings is 1. The number of cyclic esters (lactones) is 1. The molecule has 306 valence electrons. The summed E-state index contributed by atoms with van der Waals surface area (Å²) < 4.78 is 76.8. The minimum Gasteiger partial charge on any atom is -0.472 e. The van der Waals surface area contributed by atoms with Crippen LogP contribution in [0.25, 0.3) is 10.9 Å². The van der Waals surface area contributed by atoms with Crippen LogP contribution in [0.3, 0.4) is 0 Å². The number of fused-ring (bicyclic) bond motifs is 4. The maximum absolute atomic E-state index is 16.1. The average Bonchev–Trinajstić information content (AvgIpc) is 4.00. The van der Waals surface area contributed by atoms with Crippen LogP contribution in [0.2, 0.25) is 0 Å². The number of halogens is 2. The Morgan fingerprint density at radius 1 is 1.11 bits per heavy atom. The van der Waals surface area contributed by atoms with Gasteiger partial charge in [-0.1, -0.05) is 58.4 Å². The lowest BCUT2D eigenvalue weighted by Crippen LogP contribution is -2.60. The van der Waals surface area contributed by atoms with Crippen molar-refractivity contribution in [2.75, 3.05) is 19.8 Å². The van der Waals surface area contributed by atoms with Crippen LogP contribution in [0.15, 0.2) is 42.5 Å². The molecule has 2 saturated carbocycles. The molecule has 2 aliphatic heterocycles. The molecular weight excluding hydrogens is 753 g/mol. The Morgan fingerprint density at radius 2 is 1.80 bits per heavy atom. The second-order valence-corrected chi connectivity index (χ2v) is 19.5. The highest BCUT2D eigenvalue weighted by Gasteiger charge is 2.63. The third kappa shape index (κ3) is 8.34. The third-order valence-electron chi connectivity index (χ3n) is 11.2. The number of nitrogens with one attached hydrogen (secondary N) is 3. The lowest BCUT2D eigenvalue weighted by molar-refractivity contribution is -0.143. The van der Waals surface area contributed by atoms with E-state index in [9.17, 15) is 27.6 Å². The van der Waals surface area contributed by atoms with Gasteiger partial charge < -0.3 is 29.7 Å². The van der Waals surface area contributed by atoms with Crippen LogP contribution in [-0.4, -0.2) is 95.9 Å². The molecule has 3 fully saturated rings. The van der Waals surface area contributed by atoms with Crippen LogP contribution < -0.4 is 20.1 Å². The number of para-hydroxylation sites is 1. The van der Waals surface area contributed by atoms with E-state index in [0.717, 1.165) is 6.08 Å². The topological polar surface area (TPSA) is 182 Å². The Hall–Kier alpha value is -4.38. The first kappa shape index (κ1) is 41.3. The fourth-order valence-corrected chi connectivity index (χ4v) is 8.48. The minimum atomic E-state index is -4.04. The Balaban J connectivity index is 1.38. The molecule has 5 atom stereocenters. The zero-order valence-electron chi connectivity index (χ0n) is 32.7. The number of hydrogen-bond donors (Lipinski definition) is 3. The van der Waals surface area contributed by atoms with Crippen molar-refractivity contribution in [3.63, 3.8) is 0 Å². The molecule has 2 unspecified atom stereocenters. The Labute approximate surface area is 325 Å². The summed E-state index contributed by atoms with van der Waals surface area (Å²) in [4.78, 5) is 61.5. The van der Waals surface area contributed by atoms with E-state index in [4.69, 9.17) is 14.2 Å². The van der Waals surface area contributed by atoms with Crippen LogP contribution in [0.4, 0.5) is 13.6 Å². The molecule has 2 aromatic rings. The van der Waals surface area contributed by atoms with Gasteiger partial charge in [0.15, 0.2) is 0 Å². The van der Waals surface area contributed by atoms with Gasteiger partial charge in [0.05, 0.1) is 34.6 Å². The fraction of sp³-hybridized carbons (Fsp3) is 0.615. The number of ether oxygens (including phenoxy) is 3. The highest BCUT2D eigenvalue weighted by Crippen LogP contribution is 2.48. The van der Waals surface area contributed by atoms with Gasteiger partial charge in [-0.25, -0.2) is 18.2 Å². The van der Waals surface area contributed by atoms with Gasteiger partial charge in [0.2, 0.25) is 27.7 Å². The molecule has 6 rings (SSSR count). The van der Waals surface area contributed by atoms with Crippen molar-refractivity contribution in [3.8, 4) is 5.88 Å². The van der Waals surface area contributed by atoms with Gasteiger partial charge in [-0.15, -0.1) is 0 Å². The van der Waals surface area contributed by atoms with Crippen molar-refractivity contribution in [1.29, 1.82) is 0 Å². The zero-order chi connectivity index (χ0) is 41.1. The number of amides is 4. The van der Waals surface area contributed by atoms with Crippen molar-refractivity contribution >= 4 is 44.7 Å². The predicted molar refractivity (Wildman–Crippen MR) is 201 cm³/mol. The number of allylic oxidation sites excluding steroid dienone is 1. The van der Waals surface area contributed by atoms with E-state index in [1.165, 1.54) is 11.0 Å². The second-order valence-electron chi connectivity index (χ2n) is 17.3. The summed E-state index contributed by atoms with van der Waals surface area (Å²) in [7, 11) is -4.04. The SMILES string of the molecule is CC[C@@H]1CC1(NC(=O)[C@@H]1CC2CN1C(=O)[C@H](C(C)(C)C)NC(=O)OCC(C)(C)OC/C=C/C(F)(F)c1cc3ccccc3nc1O2)C(=O)NS(=O)(=O)C1(C)CC1. The van der Waals surface area contributed by atoms with Gasteiger partial charge in [-0.3, -0.25) is 19.1 Å². The summed E-state index contributed by atoms with van der Waals surface area (Å²) in [6.07, 6.45) is 1.01. The summed E-state index contributed by atoms with van der Waals surface area (Å²) in [6.45, 7) is 10.9. The number of aromatic nitrogens is 1. The van der Waals surface area contributed by atoms with Crippen LogP contribution in [-0.2, 0) is 39.8 Å². The number of rotatable bonds is 6. The molecule has 2 bridgehead atoms. The number of sulfonamides is 1. The normalized spacial score (nSPS) is 29.3. The van der Waals surface area contributed by atoms with Gasteiger partial charge in [-0.05, 0) is 69.6 Å². The summed E-state index contributed by atoms with van der Waals surface area (Å²) in [5.41, 5.74) is -3.78. The second kappa shape index (κ2) is 14.5. The molecular formula is C39H51F2N5O9S. The monoisotopic (exact) mass is 803 g/mol. The van der Waals surface area contributed by atoms with Gasteiger partial charge in [-0.2, -0.15) is 8.78 Å². The lowest BCUT2D eigenvalue weighted by Gasteiger charge is -2.35. The van der Waals surface area contributed by atoms with E-state index >= 15 is 8.78 Å². The zero-order valence-corrected chi connectivity index (χ0v) is 33.6. The summed E-state index contributed by atoms with van der Waals surface area (Å²) in [5, 5.41) is 5.85. The van der Waals surface area contributed by atoms with E-state index in [1.807, 2.05) is 6.92 Å². The molecule has 1 aromatic carbocycles. The first-order valence-electron chi connectivity index (χ1n) is 18.9. The molecule has 3 N–H and O–H groups in total. The number of carbonyl (C=O) groups is 4. The Kier molecular flexibility index (Phi) is 10.7. The van der Waals surface area contributed by atoms with Crippen molar-refractivity contribution in [3.05, 3.63) is 48.0 Å². The predicted octanol–water partition coefficient (Wildman–Crippen LogP) is 4.46. The van der Waals surface area contributed by atoms with Crippen LogP contribution in [0.5, 0.6) is 5.88 Å². The van der Waals surface area contributed by atoms with Gasteiger partial charge in [0.25, 0.3) is 11.8 Å². The van der Waals surface area contributed by atoms with Crippen LogP contribution in [0.1, 0.15) is 86.1 Å². The summed E-state index contributed by atoms with van der Waals surface area (Å²) in [5.74, 6) is -6.73. The number of alkyl halides is 2. The quantitative estimate of drug-likeness (QED) is 0.353. The maximum Gasteiger partial charge on any atom is 0.407 e. The molecule has 3 heterocycles. The van der Waals surface area contributed by atoms with Gasteiger partial charge >= 0.3 is 6.09 Å². The molecule has 0 spiro atoms. The third-order valence-corrected chi connectivity index (χ3v) is 13.3. The van der Waals surface area contributed by atoms with E-state index in [1.54, 1.807) is 65.8 Å². The molecule has 0 radical (unpaired) electrons. The molecule has 56 heavy (non-hydrogen) atoms. The van der Waals surface area contributed by atoms with Crippen molar-refractivity contribution in [2.45, 2.75) is 121 Å². The number of alkyl carbamates (subject to hydrolysis) is 1. The van der Waals surface area contributed by atoms with Crippen molar-refractivity contribution < 1.29 is 50.6 Å². The maximum atomic E-state index is 16.1. The van der Waals surface area contributed by atoms with E-state index < -0.39 is 90.7 Å². The molecule has 4 aliphatic rings. The highest BCUT2D eigenvalue weighted by atomic mass is 32.2. The lowest BCUT2D eigenvalue weighted by atomic mass is 9.85. The molecule has 1 saturated heterocycles. The molecule has 1 aromatic heterocycles. The molecule has 17 heteroatoms. The smallest absolute Gasteiger partial charge is 0.407 e. The number of hydrogen-bond acceptors (Lipinski definition) is 10. The number of benzene rings is 1. The van der Waals surface area contributed by atoms with Gasteiger partial charge in [0.1, 0.15) is 30.3 Å². The standard InChI is InChI=1S/C39H51F2N5O9S/c1-8-24-20-38(24,33(49)45-56(51,52)37(7)15-16-37)44-30(47)28-19-25-21-46(28)32(48)29(35(2,3)4)43-34(50)53-22-36(5,6)54-17-11-14-39(40,41)26-18-23-12-9-10-13-27(23)42-31(26)55-25/h9-14,18,24-25,28-29H,8,15-17,19-22H2,1-7H3,(H,43,50)(H,44,47)(H,45,49)/b14-11+/t24-,25?,28+,29-,38?/m1/s1. The fourth-order valence-electron chi connectivity index (χ4n) is 7.17. The van der Waals surface area contributed by atoms with Crippen LogP contribution in [0, 0.1) is 11.3 Å². The van der Waals surface area contributed by atoms with Crippen LogP contribution >= 0.6 is 0 Å². The minimum absolute atomic E-state index is 0.166. The summed E-state index contributed by atoms with van der Waals surface area (Å²) in [6, 6.07) is 5.37. The molecule has 2 aliphatic carbocycles. The Morgan fingerprint density at radius 3 is 2.45 bits per heavy atom. The van der Waals surface area contributed by atoms with E-state index in [-0.39, 0.29) is 38.5 Å². The number of nitrogens with zero attached hydrogens (tertiary/aromatic N) is 2. The summed E-state index contributed by atoms with van der Waals surface area (Å²) >= 11 is 0. The first-order chi connectivity index (χ1) is 26.0. The largest absolute Gasteiger partial charge is 0.472 e. The highest BCUT2D eigenvalue weighted by molar-refractivity contribution is 7.91. The van der Waals surface area contributed by atoms with E-state index in [0.29, 0.717) is 36.2 Å². The molecule has 14 nitrogen and oxygen atoms in total. The first-order valence-corrected chi connectivity index (χ1v) is 20.4. The van der Waals surface area contributed by atoms with Crippen molar-refractivity contribution in [1.82, 2.24) is 25.2 Å².